The molecule has 1 fully saturated rings. The van der Waals surface area contributed by atoms with E-state index in [4.69, 9.17) is 11.6 Å². The highest BCUT2D eigenvalue weighted by molar-refractivity contribution is 6.31. The van der Waals surface area contributed by atoms with Crippen molar-refractivity contribution in [1.29, 1.82) is 0 Å². The van der Waals surface area contributed by atoms with Crippen LogP contribution in [0.4, 0.5) is 5.69 Å². The lowest BCUT2D eigenvalue weighted by atomic mass is 9.96. The number of amides is 1. The van der Waals surface area contributed by atoms with E-state index in [2.05, 4.69) is 15.5 Å². The van der Waals surface area contributed by atoms with Crippen LogP contribution in [0.2, 0.25) is 5.02 Å². The summed E-state index contributed by atoms with van der Waals surface area (Å²) in [5.74, 6) is 0.0501. The number of rotatable bonds is 3. The van der Waals surface area contributed by atoms with Gasteiger partial charge in [0, 0.05) is 35.9 Å². The summed E-state index contributed by atoms with van der Waals surface area (Å²) < 4.78 is 0. The van der Waals surface area contributed by atoms with E-state index in [9.17, 15) is 4.79 Å². The smallest absolute Gasteiger partial charge is 0.245 e. The molecule has 0 aliphatic carbocycles. The number of halogens is 1. The number of carbonyl (C=O) groups is 1. The van der Waals surface area contributed by atoms with Crippen molar-refractivity contribution in [3.63, 3.8) is 0 Å². The van der Waals surface area contributed by atoms with Crippen molar-refractivity contribution in [3.8, 4) is 0 Å². The molecular weight excluding hydrogens is 262 g/mol. The van der Waals surface area contributed by atoms with Crippen molar-refractivity contribution in [2.45, 2.75) is 25.9 Å². The topological polar surface area (TPSA) is 44.4 Å². The first-order chi connectivity index (χ1) is 8.98. The first-order valence-electron chi connectivity index (χ1n) is 6.46. The van der Waals surface area contributed by atoms with Crippen LogP contribution < -0.4 is 15.5 Å². The molecule has 1 aromatic rings. The van der Waals surface area contributed by atoms with E-state index in [1.807, 2.05) is 39.1 Å². The quantitative estimate of drug-likeness (QED) is 0.888. The van der Waals surface area contributed by atoms with Crippen molar-refractivity contribution in [2.24, 2.45) is 0 Å². The second-order valence-electron chi connectivity index (χ2n) is 5.23. The summed E-state index contributed by atoms with van der Waals surface area (Å²) in [6, 6.07) is 5.84. The Balaban J connectivity index is 2.46. The number of benzene rings is 1. The number of nitrogens with zero attached hydrogens (tertiary/aromatic N) is 1. The monoisotopic (exact) mass is 281 g/mol. The molecule has 0 spiro atoms. The molecule has 1 amide bonds. The number of anilines is 1. The first kappa shape index (κ1) is 14.2. The molecule has 4 nitrogen and oxygen atoms in total. The van der Waals surface area contributed by atoms with Gasteiger partial charge in [-0.25, -0.2) is 0 Å². The number of piperazine rings is 1. The summed E-state index contributed by atoms with van der Waals surface area (Å²) in [5.41, 5.74) is 1.50. The van der Waals surface area contributed by atoms with Gasteiger partial charge in [-0.15, -0.1) is 0 Å². The van der Waals surface area contributed by atoms with Crippen LogP contribution in [-0.2, 0) is 11.3 Å². The third-order valence-electron chi connectivity index (χ3n) is 3.59. The van der Waals surface area contributed by atoms with Gasteiger partial charge in [0.2, 0.25) is 5.91 Å². The van der Waals surface area contributed by atoms with Crippen molar-refractivity contribution < 1.29 is 4.79 Å². The Morgan fingerprint density at radius 2 is 2.21 bits per heavy atom. The molecule has 0 atom stereocenters. The molecule has 1 aliphatic heterocycles. The van der Waals surface area contributed by atoms with Crippen LogP contribution >= 0.6 is 11.6 Å². The zero-order valence-corrected chi connectivity index (χ0v) is 12.3. The third kappa shape index (κ3) is 2.55. The number of hydrogen-bond donors (Lipinski definition) is 2. The van der Waals surface area contributed by atoms with Crippen LogP contribution in [-0.4, -0.2) is 31.6 Å². The Hall–Kier alpha value is -1.26. The first-order valence-corrected chi connectivity index (χ1v) is 6.84. The van der Waals surface area contributed by atoms with E-state index in [-0.39, 0.29) is 5.91 Å². The molecule has 0 aromatic heterocycles. The van der Waals surface area contributed by atoms with Crippen LogP contribution in [0.15, 0.2) is 18.2 Å². The highest BCUT2D eigenvalue weighted by atomic mass is 35.5. The van der Waals surface area contributed by atoms with Crippen molar-refractivity contribution in [3.05, 3.63) is 28.8 Å². The maximum absolute atomic E-state index is 12.1. The van der Waals surface area contributed by atoms with Crippen LogP contribution in [0.3, 0.4) is 0 Å². The van der Waals surface area contributed by atoms with Crippen LogP contribution in [0.25, 0.3) is 0 Å². The van der Waals surface area contributed by atoms with Crippen LogP contribution in [0.1, 0.15) is 19.4 Å². The summed E-state index contributed by atoms with van der Waals surface area (Å²) >= 11 is 6.29. The summed E-state index contributed by atoms with van der Waals surface area (Å²) in [6.45, 7) is 6.00. The van der Waals surface area contributed by atoms with Gasteiger partial charge in [-0.2, -0.15) is 0 Å². The van der Waals surface area contributed by atoms with Crippen molar-refractivity contribution >= 4 is 23.2 Å². The zero-order chi connectivity index (χ0) is 14.0. The van der Waals surface area contributed by atoms with Gasteiger partial charge in [0.1, 0.15) is 5.54 Å². The fraction of sp³-hybridized carbons (Fsp3) is 0.500. The Bertz CT molecular complexity index is 488. The Morgan fingerprint density at radius 1 is 1.47 bits per heavy atom. The number of hydrogen-bond acceptors (Lipinski definition) is 3. The molecular formula is C14H20ClN3O. The zero-order valence-electron chi connectivity index (χ0n) is 11.6. The minimum atomic E-state index is -0.564. The Kier molecular flexibility index (Phi) is 4.02. The largest absolute Gasteiger partial charge is 0.355 e. The number of nitrogens with one attached hydrogen (secondary N) is 2. The number of carbonyl (C=O) groups excluding carboxylic acids is 1. The van der Waals surface area contributed by atoms with Gasteiger partial charge in [-0.1, -0.05) is 17.7 Å². The van der Waals surface area contributed by atoms with Gasteiger partial charge >= 0.3 is 0 Å². The minimum absolute atomic E-state index is 0.0501. The molecule has 1 heterocycles. The predicted octanol–water partition coefficient (Wildman–Crippen LogP) is 1.77. The fourth-order valence-corrected chi connectivity index (χ4v) is 2.71. The van der Waals surface area contributed by atoms with E-state index < -0.39 is 5.54 Å². The molecule has 1 saturated heterocycles. The minimum Gasteiger partial charge on any atom is -0.355 e. The Morgan fingerprint density at radius 3 is 2.89 bits per heavy atom. The lowest BCUT2D eigenvalue weighted by Crippen LogP contribution is -2.62. The molecule has 0 bridgehead atoms. The average Bonchev–Trinajstić information content (AvgIpc) is 2.36. The normalized spacial score (nSPS) is 18.3. The van der Waals surface area contributed by atoms with Gasteiger partial charge in [0.05, 0.1) is 0 Å². The molecule has 0 unspecified atom stereocenters. The van der Waals surface area contributed by atoms with Crippen molar-refractivity contribution in [2.75, 3.05) is 25.0 Å². The van der Waals surface area contributed by atoms with Gasteiger partial charge in [0.25, 0.3) is 0 Å². The maximum Gasteiger partial charge on any atom is 0.245 e. The molecule has 5 heteroatoms. The molecule has 0 radical (unpaired) electrons. The highest BCUT2D eigenvalue weighted by Crippen LogP contribution is 2.33. The third-order valence-corrected chi connectivity index (χ3v) is 3.94. The van der Waals surface area contributed by atoms with Crippen molar-refractivity contribution in [1.82, 2.24) is 10.6 Å². The molecule has 0 saturated carbocycles. The second-order valence-corrected chi connectivity index (χ2v) is 5.64. The van der Waals surface area contributed by atoms with Gasteiger partial charge < -0.3 is 15.5 Å². The molecule has 19 heavy (non-hydrogen) atoms. The fourth-order valence-electron chi connectivity index (χ4n) is 2.47. The Labute approximate surface area is 119 Å². The standard InChI is InChI=1S/C14H20ClN3O/c1-14(2)13(19)17-7-8-18(14)12-6-4-5-11(15)10(12)9-16-3/h4-6,16H,7-9H2,1-3H3,(H,17,19). The molecule has 1 aromatic carbocycles. The van der Waals surface area contributed by atoms with Crippen LogP contribution in [0, 0.1) is 0 Å². The van der Waals surface area contributed by atoms with Gasteiger partial charge in [0.15, 0.2) is 0 Å². The van der Waals surface area contributed by atoms with Gasteiger partial charge in [-0.05, 0) is 33.0 Å². The molecule has 104 valence electrons. The summed E-state index contributed by atoms with van der Waals surface area (Å²) in [7, 11) is 1.89. The predicted molar refractivity (Wildman–Crippen MR) is 78.7 cm³/mol. The second kappa shape index (κ2) is 5.39. The summed E-state index contributed by atoms with van der Waals surface area (Å²) in [4.78, 5) is 14.2. The summed E-state index contributed by atoms with van der Waals surface area (Å²) in [5, 5.41) is 6.77. The van der Waals surface area contributed by atoms with E-state index in [0.717, 1.165) is 22.8 Å². The molecule has 2 N–H and O–H groups in total. The maximum atomic E-state index is 12.1. The van der Waals surface area contributed by atoms with E-state index in [0.29, 0.717) is 13.1 Å². The highest BCUT2D eigenvalue weighted by Gasteiger charge is 2.38. The average molecular weight is 282 g/mol. The molecule has 2 rings (SSSR count). The lowest BCUT2D eigenvalue weighted by Gasteiger charge is -2.43. The van der Waals surface area contributed by atoms with Gasteiger partial charge in [-0.3, -0.25) is 4.79 Å². The van der Waals surface area contributed by atoms with E-state index in [1.54, 1.807) is 0 Å². The van der Waals surface area contributed by atoms with Crippen LogP contribution in [0.5, 0.6) is 0 Å². The molecule has 1 aliphatic rings. The van der Waals surface area contributed by atoms with E-state index in [1.165, 1.54) is 0 Å². The SMILES string of the molecule is CNCc1c(Cl)cccc1N1CCNC(=O)C1(C)C. The lowest BCUT2D eigenvalue weighted by molar-refractivity contribution is -0.126. The summed E-state index contributed by atoms with van der Waals surface area (Å²) in [6.07, 6.45) is 0. The van der Waals surface area contributed by atoms with E-state index >= 15 is 0 Å².